The maximum atomic E-state index is 12.8. The molecule has 164 valence electrons. The molecule has 0 atom stereocenters. The minimum Gasteiger partial charge on any atom is -0.370 e. The molecule has 1 saturated heterocycles. The average Bonchev–Trinajstić information content (AvgIpc) is 3.20. The van der Waals surface area contributed by atoms with E-state index in [1.165, 1.54) is 11.1 Å². The van der Waals surface area contributed by atoms with Crippen molar-refractivity contribution in [1.29, 1.82) is 0 Å². The molecular formula is C24H32N5O2+. The molecule has 0 aliphatic carbocycles. The summed E-state index contributed by atoms with van der Waals surface area (Å²) < 4.78 is 7.19. The zero-order chi connectivity index (χ0) is 21.8. The molecule has 7 nitrogen and oxygen atoms in total. The standard InChI is InChI=1S/C24H31N5O2/c1-17-7-4-5-8-20(17)15-21-18(2)27-23-22(16-26-29(23)19(21)3)24(30)25-9-6-10-28-11-13-31-14-12-28/h4-5,7-8,16H,6,9-15H2,1-3H3,(H,25,30)/p+1. The van der Waals surface area contributed by atoms with Crippen LogP contribution in [-0.4, -0.2) is 59.9 Å². The van der Waals surface area contributed by atoms with Crippen LogP contribution in [0.15, 0.2) is 30.5 Å². The number of carbonyl (C=O) groups is 1. The predicted octanol–water partition coefficient (Wildman–Crippen LogP) is 1.28. The van der Waals surface area contributed by atoms with Crippen LogP contribution in [0.4, 0.5) is 0 Å². The summed E-state index contributed by atoms with van der Waals surface area (Å²) in [5.74, 6) is -0.107. The van der Waals surface area contributed by atoms with Crippen LogP contribution in [0, 0.1) is 20.8 Å². The number of nitrogens with one attached hydrogen (secondary N) is 2. The first-order valence-corrected chi connectivity index (χ1v) is 11.1. The number of hydrogen-bond acceptors (Lipinski definition) is 4. The number of nitrogens with zero attached hydrogens (tertiary/aromatic N) is 3. The van der Waals surface area contributed by atoms with E-state index in [0.29, 0.717) is 17.8 Å². The minimum atomic E-state index is -0.107. The summed E-state index contributed by atoms with van der Waals surface area (Å²) in [4.78, 5) is 19.1. The van der Waals surface area contributed by atoms with Gasteiger partial charge < -0.3 is 15.0 Å². The molecule has 1 fully saturated rings. The van der Waals surface area contributed by atoms with Gasteiger partial charge in [-0.05, 0) is 37.5 Å². The fraction of sp³-hybridized carbons (Fsp3) is 0.458. The monoisotopic (exact) mass is 422 g/mol. The molecule has 1 aliphatic rings. The van der Waals surface area contributed by atoms with Crippen LogP contribution in [0.1, 0.15) is 44.9 Å². The van der Waals surface area contributed by atoms with Crippen LogP contribution >= 0.6 is 0 Å². The topological polar surface area (TPSA) is 73.0 Å². The largest absolute Gasteiger partial charge is 0.370 e. The van der Waals surface area contributed by atoms with E-state index in [4.69, 9.17) is 9.72 Å². The van der Waals surface area contributed by atoms with Crippen LogP contribution in [-0.2, 0) is 11.2 Å². The quantitative estimate of drug-likeness (QED) is 0.563. The van der Waals surface area contributed by atoms with Gasteiger partial charge in [-0.2, -0.15) is 5.10 Å². The fourth-order valence-electron chi connectivity index (χ4n) is 4.27. The fourth-order valence-corrected chi connectivity index (χ4v) is 4.27. The molecule has 3 heterocycles. The summed E-state index contributed by atoms with van der Waals surface area (Å²) >= 11 is 0. The van der Waals surface area contributed by atoms with Crippen molar-refractivity contribution in [1.82, 2.24) is 19.9 Å². The van der Waals surface area contributed by atoms with Crippen molar-refractivity contribution in [2.24, 2.45) is 0 Å². The second kappa shape index (κ2) is 9.58. The molecular weight excluding hydrogens is 390 g/mol. The highest BCUT2D eigenvalue weighted by molar-refractivity contribution is 5.99. The summed E-state index contributed by atoms with van der Waals surface area (Å²) in [5.41, 5.74) is 6.83. The first kappa shape index (κ1) is 21.5. The second-order valence-corrected chi connectivity index (χ2v) is 8.38. The highest BCUT2D eigenvalue weighted by Gasteiger charge is 2.19. The third kappa shape index (κ3) is 4.78. The van der Waals surface area contributed by atoms with Crippen molar-refractivity contribution in [2.45, 2.75) is 33.6 Å². The first-order valence-electron chi connectivity index (χ1n) is 11.1. The maximum Gasteiger partial charge on any atom is 0.256 e. The van der Waals surface area contributed by atoms with Crippen LogP contribution < -0.4 is 10.2 Å². The molecule has 1 aromatic carbocycles. The molecule has 0 saturated carbocycles. The third-order valence-corrected chi connectivity index (χ3v) is 6.27. The molecule has 31 heavy (non-hydrogen) atoms. The summed E-state index contributed by atoms with van der Waals surface area (Å²) in [6, 6.07) is 8.40. The van der Waals surface area contributed by atoms with Gasteiger partial charge >= 0.3 is 0 Å². The molecule has 0 bridgehead atoms. The third-order valence-electron chi connectivity index (χ3n) is 6.27. The van der Waals surface area contributed by atoms with E-state index in [-0.39, 0.29) is 5.91 Å². The van der Waals surface area contributed by atoms with Crippen molar-refractivity contribution < 1.29 is 14.4 Å². The normalized spacial score (nSPS) is 14.8. The molecule has 1 amide bonds. The number of carbonyl (C=O) groups excluding carboxylic acids is 1. The number of rotatable bonds is 7. The Morgan fingerprint density at radius 3 is 2.74 bits per heavy atom. The second-order valence-electron chi connectivity index (χ2n) is 8.38. The summed E-state index contributed by atoms with van der Waals surface area (Å²) in [5, 5.41) is 7.52. The lowest BCUT2D eigenvalue weighted by atomic mass is 9.99. The molecule has 7 heteroatoms. The van der Waals surface area contributed by atoms with E-state index in [9.17, 15) is 4.79 Å². The molecule has 2 N–H and O–H groups in total. The van der Waals surface area contributed by atoms with Gasteiger partial charge in [0.1, 0.15) is 18.7 Å². The Morgan fingerprint density at radius 2 is 1.97 bits per heavy atom. The van der Waals surface area contributed by atoms with Crippen LogP contribution in [0.3, 0.4) is 0 Å². The average molecular weight is 423 g/mol. The number of quaternary nitrogens is 1. The van der Waals surface area contributed by atoms with Crippen molar-refractivity contribution >= 4 is 11.6 Å². The Labute approximate surface area is 183 Å². The van der Waals surface area contributed by atoms with Crippen molar-refractivity contribution in [3.8, 4) is 0 Å². The van der Waals surface area contributed by atoms with E-state index in [1.807, 2.05) is 6.92 Å². The SMILES string of the molecule is Cc1ccccc1Cc1c(C)nc2c(C(=O)NCCC[NH+]3CCOCC3)cnn2c1C. The van der Waals surface area contributed by atoms with Gasteiger partial charge in [0.2, 0.25) is 0 Å². The molecule has 1 aliphatic heterocycles. The summed E-state index contributed by atoms with van der Waals surface area (Å²) in [7, 11) is 0. The van der Waals surface area contributed by atoms with E-state index in [0.717, 1.165) is 62.6 Å². The van der Waals surface area contributed by atoms with Gasteiger partial charge in [-0.1, -0.05) is 24.3 Å². The lowest BCUT2D eigenvalue weighted by Gasteiger charge is -2.23. The lowest BCUT2D eigenvalue weighted by molar-refractivity contribution is -0.908. The number of hydrogen-bond donors (Lipinski definition) is 2. The Kier molecular flexibility index (Phi) is 6.63. The number of ether oxygens (including phenoxy) is 1. The lowest BCUT2D eigenvalue weighted by Crippen LogP contribution is -3.14. The summed E-state index contributed by atoms with van der Waals surface area (Å²) in [6.07, 6.45) is 3.39. The molecule has 2 aromatic heterocycles. The highest BCUT2D eigenvalue weighted by atomic mass is 16.5. The zero-order valence-electron chi connectivity index (χ0n) is 18.7. The van der Waals surface area contributed by atoms with Crippen molar-refractivity contribution in [3.63, 3.8) is 0 Å². The number of aromatic nitrogens is 3. The number of benzene rings is 1. The van der Waals surface area contributed by atoms with Gasteiger partial charge in [-0.3, -0.25) is 4.79 Å². The molecule has 0 radical (unpaired) electrons. The van der Waals surface area contributed by atoms with Crippen LogP contribution in [0.5, 0.6) is 0 Å². The van der Waals surface area contributed by atoms with Gasteiger partial charge in [-0.15, -0.1) is 0 Å². The van der Waals surface area contributed by atoms with E-state index in [1.54, 1.807) is 15.6 Å². The molecule has 0 spiro atoms. The van der Waals surface area contributed by atoms with Gasteiger partial charge in [0.15, 0.2) is 5.65 Å². The summed E-state index contributed by atoms with van der Waals surface area (Å²) in [6.45, 7) is 11.7. The smallest absolute Gasteiger partial charge is 0.256 e. The molecule has 3 aromatic rings. The Morgan fingerprint density at radius 1 is 1.19 bits per heavy atom. The van der Waals surface area contributed by atoms with Gasteiger partial charge in [0, 0.05) is 30.8 Å². The maximum absolute atomic E-state index is 12.8. The van der Waals surface area contributed by atoms with Gasteiger partial charge in [0.05, 0.1) is 26.0 Å². The van der Waals surface area contributed by atoms with Crippen LogP contribution in [0.25, 0.3) is 5.65 Å². The van der Waals surface area contributed by atoms with E-state index in [2.05, 4.69) is 48.5 Å². The zero-order valence-corrected chi connectivity index (χ0v) is 18.7. The molecule has 4 rings (SSSR count). The molecule has 0 unspecified atom stereocenters. The predicted molar refractivity (Wildman–Crippen MR) is 120 cm³/mol. The van der Waals surface area contributed by atoms with Gasteiger partial charge in [-0.25, -0.2) is 9.50 Å². The Bertz CT molecular complexity index is 1070. The van der Waals surface area contributed by atoms with Crippen LogP contribution in [0.2, 0.25) is 0 Å². The highest BCUT2D eigenvalue weighted by Crippen LogP contribution is 2.21. The minimum absolute atomic E-state index is 0.107. The Balaban J connectivity index is 1.45. The van der Waals surface area contributed by atoms with E-state index < -0.39 is 0 Å². The van der Waals surface area contributed by atoms with Crippen molar-refractivity contribution in [2.75, 3.05) is 39.4 Å². The number of morpholine rings is 1. The number of aryl methyl sites for hydroxylation is 3. The Hall–Kier alpha value is -2.77. The van der Waals surface area contributed by atoms with E-state index >= 15 is 0 Å². The van der Waals surface area contributed by atoms with Gasteiger partial charge in [0.25, 0.3) is 5.91 Å². The van der Waals surface area contributed by atoms with Crippen molar-refractivity contribution in [3.05, 3.63) is 64.1 Å². The number of fused-ring (bicyclic) bond motifs is 1. The number of amides is 1. The first-order chi connectivity index (χ1) is 15.0.